The Hall–Kier alpha value is -1.77. The van der Waals surface area contributed by atoms with Crippen LogP contribution in [0.5, 0.6) is 5.75 Å². The van der Waals surface area contributed by atoms with Gasteiger partial charge in [-0.25, -0.2) is 4.79 Å². The number of rotatable bonds is 2. The van der Waals surface area contributed by atoms with Gasteiger partial charge in [0.1, 0.15) is 5.75 Å². The third kappa shape index (κ3) is 2.18. The molecule has 0 saturated carbocycles. The van der Waals surface area contributed by atoms with Gasteiger partial charge in [0.25, 0.3) is 0 Å². The van der Waals surface area contributed by atoms with Gasteiger partial charge in [0.05, 0.1) is 13.7 Å². The molecule has 1 heterocycles. The van der Waals surface area contributed by atoms with Crippen LogP contribution < -0.4 is 4.74 Å². The maximum absolute atomic E-state index is 10.9. The van der Waals surface area contributed by atoms with Crippen LogP contribution in [0.25, 0.3) is 6.08 Å². The largest absolute Gasteiger partial charge is 0.493 e. The molecule has 0 N–H and O–H groups in total. The Kier molecular flexibility index (Phi) is 2.72. The molecule has 0 radical (unpaired) electrons. The van der Waals surface area contributed by atoms with Crippen LogP contribution in [0.15, 0.2) is 24.3 Å². The summed E-state index contributed by atoms with van der Waals surface area (Å²) in [4.78, 5) is 10.9. The molecule has 0 unspecified atom stereocenters. The van der Waals surface area contributed by atoms with Gasteiger partial charge in [-0.3, -0.25) is 0 Å². The summed E-state index contributed by atoms with van der Waals surface area (Å²) >= 11 is 0. The highest BCUT2D eigenvalue weighted by Crippen LogP contribution is 2.26. The summed E-state index contributed by atoms with van der Waals surface area (Å²) in [6, 6.07) is 5.88. The molecule has 3 nitrogen and oxygen atoms in total. The minimum Gasteiger partial charge on any atom is -0.493 e. The van der Waals surface area contributed by atoms with Crippen molar-refractivity contribution in [2.45, 2.75) is 6.42 Å². The molecule has 78 valence electrons. The van der Waals surface area contributed by atoms with Crippen molar-refractivity contribution in [1.29, 1.82) is 0 Å². The first-order chi connectivity index (χ1) is 7.29. The zero-order valence-electron chi connectivity index (χ0n) is 8.53. The lowest BCUT2D eigenvalue weighted by Crippen LogP contribution is -1.93. The van der Waals surface area contributed by atoms with Crippen molar-refractivity contribution in [2.24, 2.45) is 0 Å². The Balaban J connectivity index is 2.16. The average molecular weight is 204 g/mol. The zero-order valence-corrected chi connectivity index (χ0v) is 8.53. The number of esters is 1. The molecule has 1 aliphatic rings. The molecule has 0 amide bonds. The van der Waals surface area contributed by atoms with Crippen LogP contribution in [0, 0.1) is 0 Å². The molecule has 0 aromatic heterocycles. The van der Waals surface area contributed by atoms with E-state index in [4.69, 9.17) is 4.74 Å². The molecule has 3 heteroatoms. The smallest absolute Gasteiger partial charge is 0.330 e. The third-order valence-corrected chi connectivity index (χ3v) is 2.33. The highest BCUT2D eigenvalue weighted by Gasteiger charge is 2.10. The Bertz CT molecular complexity index is 407. The molecule has 0 spiro atoms. The summed E-state index contributed by atoms with van der Waals surface area (Å²) in [7, 11) is 1.36. The van der Waals surface area contributed by atoms with Gasteiger partial charge in [0.15, 0.2) is 0 Å². The summed E-state index contributed by atoms with van der Waals surface area (Å²) < 4.78 is 9.90. The van der Waals surface area contributed by atoms with Crippen LogP contribution in [0.3, 0.4) is 0 Å². The summed E-state index contributed by atoms with van der Waals surface area (Å²) in [5.74, 6) is 0.608. The summed E-state index contributed by atoms with van der Waals surface area (Å²) in [5, 5.41) is 0. The lowest BCUT2D eigenvalue weighted by atomic mass is 10.1. The summed E-state index contributed by atoms with van der Waals surface area (Å²) in [5.41, 5.74) is 2.19. The molecule has 0 atom stereocenters. The van der Waals surface area contributed by atoms with Crippen molar-refractivity contribution in [1.82, 2.24) is 0 Å². The molecule has 1 aromatic carbocycles. The quantitative estimate of drug-likeness (QED) is 0.544. The van der Waals surface area contributed by atoms with Gasteiger partial charge in [-0.2, -0.15) is 0 Å². The maximum atomic E-state index is 10.9. The Labute approximate surface area is 88.3 Å². The molecule has 0 saturated heterocycles. The van der Waals surface area contributed by atoms with E-state index in [-0.39, 0.29) is 5.97 Å². The van der Waals surface area contributed by atoms with Gasteiger partial charge in [-0.1, -0.05) is 6.07 Å². The average Bonchev–Trinajstić information content (AvgIpc) is 2.72. The van der Waals surface area contributed by atoms with E-state index in [1.165, 1.54) is 18.7 Å². The van der Waals surface area contributed by atoms with Gasteiger partial charge < -0.3 is 9.47 Å². The number of benzene rings is 1. The third-order valence-electron chi connectivity index (χ3n) is 2.33. The number of carbonyl (C=O) groups excluding carboxylic acids is 1. The molecule has 2 rings (SSSR count). The van der Waals surface area contributed by atoms with Gasteiger partial charge in [-0.05, 0) is 29.3 Å². The lowest BCUT2D eigenvalue weighted by Gasteiger charge is -1.99. The van der Waals surface area contributed by atoms with Crippen LogP contribution in [-0.4, -0.2) is 19.7 Å². The minimum atomic E-state index is -0.341. The molecule has 0 fully saturated rings. The van der Waals surface area contributed by atoms with Crippen molar-refractivity contribution >= 4 is 12.0 Å². The fourth-order valence-electron chi connectivity index (χ4n) is 1.54. The van der Waals surface area contributed by atoms with Crippen LogP contribution in [0.2, 0.25) is 0 Å². The molecule has 1 aliphatic heterocycles. The predicted octanol–water partition coefficient (Wildman–Crippen LogP) is 1.81. The van der Waals surface area contributed by atoms with Gasteiger partial charge in [-0.15, -0.1) is 0 Å². The monoisotopic (exact) mass is 204 g/mol. The standard InChI is InChI=1S/C12H12O3/c1-14-12(13)5-3-9-2-4-11-10(8-9)6-7-15-11/h2-5,8H,6-7H2,1H3/b5-3+. The first kappa shape index (κ1) is 9.77. The first-order valence-electron chi connectivity index (χ1n) is 4.81. The van der Waals surface area contributed by atoms with E-state index in [0.717, 1.165) is 24.3 Å². The SMILES string of the molecule is COC(=O)/C=C/c1ccc2c(c1)CCO2. The van der Waals surface area contributed by atoms with Crippen LogP contribution in [0.1, 0.15) is 11.1 Å². The topological polar surface area (TPSA) is 35.5 Å². The first-order valence-corrected chi connectivity index (χ1v) is 4.81. The molecular weight excluding hydrogens is 192 g/mol. The number of methoxy groups -OCH3 is 1. The molecule has 0 bridgehead atoms. The van der Waals surface area contributed by atoms with E-state index in [0.29, 0.717) is 0 Å². The van der Waals surface area contributed by atoms with E-state index < -0.39 is 0 Å². The Morgan fingerprint density at radius 1 is 1.53 bits per heavy atom. The molecule has 0 aliphatic carbocycles. The van der Waals surface area contributed by atoms with E-state index in [9.17, 15) is 4.79 Å². The normalized spacial score (nSPS) is 13.7. The van der Waals surface area contributed by atoms with Crippen LogP contribution >= 0.6 is 0 Å². The predicted molar refractivity (Wildman–Crippen MR) is 56.7 cm³/mol. The molecule has 15 heavy (non-hydrogen) atoms. The van der Waals surface area contributed by atoms with Crippen LogP contribution in [0.4, 0.5) is 0 Å². The number of carbonyl (C=O) groups is 1. The number of hydrogen-bond donors (Lipinski definition) is 0. The van der Waals surface area contributed by atoms with E-state index in [1.807, 2.05) is 18.2 Å². The van der Waals surface area contributed by atoms with Crippen LogP contribution in [-0.2, 0) is 16.0 Å². The highest BCUT2D eigenvalue weighted by atomic mass is 16.5. The minimum absolute atomic E-state index is 0.341. The fourth-order valence-corrected chi connectivity index (χ4v) is 1.54. The van der Waals surface area contributed by atoms with E-state index in [1.54, 1.807) is 6.08 Å². The van der Waals surface area contributed by atoms with Gasteiger partial charge in [0.2, 0.25) is 0 Å². The number of fused-ring (bicyclic) bond motifs is 1. The van der Waals surface area contributed by atoms with Crippen molar-refractivity contribution in [3.8, 4) is 5.75 Å². The fraction of sp³-hybridized carbons (Fsp3) is 0.250. The van der Waals surface area contributed by atoms with Gasteiger partial charge in [0, 0.05) is 12.5 Å². The Morgan fingerprint density at radius 3 is 3.20 bits per heavy atom. The van der Waals surface area contributed by atoms with Crippen molar-refractivity contribution in [2.75, 3.05) is 13.7 Å². The van der Waals surface area contributed by atoms with E-state index >= 15 is 0 Å². The highest BCUT2D eigenvalue weighted by molar-refractivity contribution is 5.87. The van der Waals surface area contributed by atoms with E-state index in [2.05, 4.69) is 4.74 Å². The van der Waals surface area contributed by atoms with Crippen molar-refractivity contribution < 1.29 is 14.3 Å². The second kappa shape index (κ2) is 4.17. The number of hydrogen-bond acceptors (Lipinski definition) is 3. The number of ether oxygens (including phenoxy) is 2. The second-order valence-corrected chi connectivity index (χ2v) is 3.32. The van der Waals surface area contributed by atoms with Crippen molar-refractivity contribution in [3.63, 3.8) is 0 Å². The molecular formula is C12H12O3. The lowest BCUT2D eigenvalue weighted by molar-refractivity contribution is -0.134. The molecule has 1 aromatic rings. The Morgan fingerprint density at radius 2 is 2.40 bits per heavy atom. The van der Waals surface area contributed by atoms with Crippen molar-refractivity contribution in [3.05, 3.63) is 35.4 Å². The summed E-state index contributed by atoms with van der Waals surface area (Å²) in [6.07, 6.45) is 4.09. The van der Waals surface area contributed by atoms with Gasteiger partial charge >= 0.3 is 5.97 Å². The summed E-state index contributed by atoms with van der Waals surface area (Å²) in [6.45, 7) is 0.750. The second-order valence-electron chi connectivity index (χ2n) is 3.32. The maximum Gasteiger partial charge on any atom is 0.330 e. The zero-order chi connectivity index (χ0) is 10.7.